The van der Waals surface area contributed by atoms with Crippen LogP contribution >= 0.6 is 22.6 Å². The van der Waals surface area contributed by atoms with Crippen LogP contribution in [-0.2, 0) is 4.79 Å². The van der Waals surface area contributed by atoms with Crippen LogP contribution in [0.2, 0.25) is 0 Å². The van der Waals surface area contributed by atoms with Crippen LogP contribution in [0.4, 0.5) is 0 Å². The Bertz CT molecular complexity index is 61.8. The Hall–Kier alpha value is 0.200. The molecule has 0 aliphatic heterocycles. The molecule has 3 heteroatoms. The van der Waals surface area contributed by atoms with Gasteiger partial charge in [-0.1, -0.05) is 22.6 Å². The molecule has 2 N–H and O–H groups in total. The van der Waals surface area contributed by atoms with Gasteiger partial charge in [0.25, 0.3) is 0 Å². The fraction of sp³-hybridized carbons (Fsp3) is 0.667. The second-order valence-electron chi connectivity index (χ2n) is 1.02. The standard InChI is InChI=1S/C3H6INO/c1-2(4)3(5)6/h2H,1H3,(H2,5,6). The molecule has 0 fully saturated rings. The molecule has 2 nitrogen and oxygen atoms in total. The van der Waals surface area contributed by atoms with E-state index in [-0.39, 0.29) is 9.83 Å². The first kappa shape index (κ1) is 6.20. The van der Waals surface area contributed by atoms with Crippen LogP contribution in [0.1, 0.15) is 6.92 Å². The van der Waals surface area contributed by atoms with E-state index in [2.05, 4.69) is 0 Å². The maximum absolute atomic E-state index is 9.91. The Morgan fingerprint density at radius 3 is 2.17 bits per heavy atom. The summed E-state index contributed by atoms with van der Waals surface area (Å²) in [5.41, 5.74) is 4.79. The van der Waals surface area contributed by atoms with Crippen molar-refractivity contribution in [3.8, 4) is 0 Å². The van der Waals surface area contributed by atoms with Crippen molar-refractivity contribution < 1.29 is 4.79 Å². The van der Waals surface area contributed by atoms with Crippen LogP contribution in [-0.4, -0.2) is 9.83 Å². The highest BCUT2D eigenvalue weighted by Gasteiger charge is 1.98. The quantitative estimate of drug-likeness (QED) is 0.478. The molecule has 36 valence electrons. The number of halogens is 1. The van der Waals surface area contributed by atoms with E-state index in [0.717, 1.165) is 0 Å². The van der Waals surface area contributed by atoms with Crippen molar-refractivity contribution >= 4 is 28.5 Å². The van der Waals surface area contributed by atoms with Gasteiger partial charge in [0, 0.05) is 0 Å². The first-order chi connectivity index (χ1) is 2.64. The van der Waals surface area contributed by atoms with E-state index < -0.39 is 0 Å². The van der Waals surface area contributed by atoms with E-state index in [9.17, 15) is 4.79 Å². The Balaban J connectivity index is 3.26. The molecule has 0 saturated heterocycles. The smallest absolute Gasteiger partial charge is 0.230 e. The summed E-state index contributed by atoms with van der Waals surface area (Å²) >= 11 is 1.96. The van der Waals surface area contributed by atoms with E-state index >= 15 is 0 Å². The molecule has 0 aromatic heterocycles. The van der Waals surface area contributed by atoms with Gasteiger partial charge in [-0.05, 0) is 6.92 Å². The SMILES string of the molecule is CC(I)C(N)=O. The summed E-state index contributed by atoms with van der Waals surface area (Å²) in [6.45, 7) is 1.75. The molecule has 0 aliphatic rings. The van der Waals surface area contributed by atoms with Crippen molar-refractivity contribution in [2.75, 3.05) is 0 Å². The number of alkyl halides is 1. The van der Waals surface area contributed by atoms with Gasteiger partial charge < -0.3 is 5.73 Å². The molecule has 0 aliphatic carbocycles. The number of hydrogen-bond donors (Lipinski definition) is 1. The zero-order chi connectivity index (χ0) is 5.15. The third-order valence-corrected chi connectivity index (χ3v) is 1.01. The number of hydrogen-bond acceptors (Lipinski definition) is 1. The Kier molecular flexibility index (Phi) is 2.47. The van der Waals surface area contributed by atoms with Crippen LogP contribution in [0.3, 0.4) is 0 Å². The highest BCUT2D eigenvalue weighted by molar-refractivity contribution is 14.1. The van der Waals surface area contributed by atoms with Gasteiger partial charge in [0.15, 0.2) is 0 Å². The lowest BCUT2D eigenvalue weighted by Gasteiger charge is -1.88. The number of primary amides is 1. The van der Waals surface area contributed by atoms with Gasteiger partial charge in [-0.25, -0.2) is 0 Å². The lowest BCUT2D eigenvalue weighted by Crippen LogP contribution is -2.19. The Morgan fingerprint density at radius 2 is 2.17 bits per heavy atom. The van der Waals surface area contributed by atoms with E-state index in [1.165, 1.54) is 0 Å². The Morgan fingerprint density at radius 1 is 2.00 bits per heavy atom. The van der Waals surface area contributed by atoms with Crippen molar-refractivity contribution in [3.05, 3.63) is 0 Å². The minimum atomic E-state index is -0.254. The van der Waals surface area contributed by atoms with Gasteiger partial charge in [-0.3, -0.25) is 4.79 Å². The fourth-order valence-corrected chi connectivity index (χ4v) is 0. The fourth-order valence-electron chi connectivity index (χ4n) is 0. The second kappa shape index (κ2) is 2.39. The summed E-state index contributed by atoms with van der Waals surface area (Å²) in [6.07, 6.45) is 0. The molecule has 0 bridgehead atoms. The van der Waals surface area contributed by atoms with Crippen molar-refractivity contribution in [1.82, 2.24) is 0 Å². The van der Waals surface area contributed by atoms with E-state index in [1.54, 1.807) is 6.92 Å². The molecule has 0 rings (SSSR count). The van der Waals surface area contributed by atoms with E-state index in [4.69, 9.17) is 5.73 Å². The van der Waals surface area contributed by atoms with E-state index in [1.807, 2.05) is 22.6 Å². The third kappa shape index (κ3) is 2.44. The monoisotopic (exact) mass is 199 g/mol. The normalized spacial score (nSPS) is 13.7. The minimum Gasteiger partial charge on any atom is -0.369 e. The summed E-state index contributed by atoms with van der Waals surface area (Å²) in [7, 11) is 0. The maximum atomic E-state index is 9.91. The van der Waals surface area contributed by atoms with Gasteiger partial charge in [0.1, 0.15) is 0 Å². The molecule has 1 unspecified atom stereocenters. The van der Waals surface area contributed by atoms with Crippen molar-refractivity contribution in [3.63, 3.8) is 0 Å². The molecular weight excluding hydrogens is 193 g/mol. The van der Waals surface area contributed by atoms with Crippen molar-refractivity contribution in [1.29, 1.82) is 0 Å². The highest BCUT2D eigenvalue weighted by Crippen LogP contribution is 1.93. The lowest BCUT2D eigenvalue weighted by molar-refractivity contribution is -0.116. The molecule has 0 aromatic carbocycles. The molecular formula is C3H6INO. The molecule has 1 atom stereocenters. The molecule has 6 heavy (non-hydrogen) atoms. The second-order valence-corrected chi connectivity index (χ2v) is 2.89. The van der Waals surface area contributed by atoms with Gasteiger partial charge in [0.2, 0.25) is 5.91 Å². The van der Waals surface area contributed by atoms with Crippen LogP contribution in [0.15, 0.2) is 0 Å². The topological polar surface area (TPSA) is 43.1 Å². The largest absolute Gasteiger partial charge is 0.369 e. The molecule has 0 radical (unpaired) electrons. The first-order valence-corrected chi connectivity index (χ1v) is 2.82. The molecule has 1 amide bonds. The predicted molar refractivity (Wildman–Crippen MR) is 32.7 cm³/mol. The van der Waals surface area contributed by atoms with Crippen LogP contribution < -0.4 is 5.73 Å². The number of amides is 1. The number of carbonyl (C=O) groups is 1. The summed E-state index contributed by atoms with van der Waals surface area (Å²) in [4.78, 5) is 9.91. The summed E-state index contributed by atoms with van der Waals surface area (Å²) in [5, 5.41) is 0. The summed E-state index contributed by atoms with van der Waals surface area (Å²) in [6, 6.07) is 0. The van der Waals surface area contributed by atoms with E-state index in [0.29, 0.717) is 0 Å². The van der Waals surface area contributed by atoms with Crippen LogP contribution in [0.5, 0.6) is 0 Å². The summed E-state index contributed by atoms with van der Waals surface area (Å²) < 4.78 is -0.0393. The zero-order valence-corrected chi connectivity index (χ0v) is 5.60. The average Bonchev–Trinajstić information content (AvgIpc) is 1.36. The summed E-state index contributed by atoms with van der Waals surface area (Å²) in [5.74, 6) is -0.254. The number of carbonyl (C=O) groups excluding carboxylic acids is 1. The van der Waals surface area contributed by atoms with Crippen LogP contribution in [0.25, 0.3) is 0 Å². The minimum absolute atomic E-state index is 0.0393. The van der Waals surface area contributed by atoms with Crippen molar-refractivity contribution in [2.24, 2.45) is 5.73 Å². The van der Waals surface area contributed by atoms with Crippen molar-refractivity contribution in [2.45, 2.75) is 10.8 Å². The first-order valence-electron chi connectivity index (χ1n) is 1.58. The highest BCUT2D eigenvalue weighted by atomic mass is 127. The number of nitrogens with two attached hydrogens (primary N) is 1. The molecule has 0 aromatic rings. The number of rotatable bonds is 1. The lowest BCUT2D eigenvalue weighted by atomic mass is 10.5. The third-order valence-electron chi connectivity index (χ3n) is 0.392. The van der Waals surface area contributed by atoms with Gasteiger partial charge in [-0.2, -0.15) is 0 Å². The average molecular weight is 199 g/mol. The zero-order valence-electron chi connectivity index (χ0n) is 3.44. The molecule has 0 heterocycles. The predicted octanol–water partition coefficient (Wildman–Crippen LogP) is 0.295. The Labute approximate surface area is 50.2 Å². The van der Waals surface area contributed by atoms with Gasteiger partial charge >= 0.3 is 0 Å². The molecule has 0 spiro atoms. The van der Waals surface area contributed by atoms with Gasteiger partial charge in [-0.15, -0.1) is 0 Å². The molecule has 0 saturated carbocycles. The van der Waals surface area contributed by atoms with Crippen LogP contribution in [0, 0.1) is 0 Å². The maximum Gasteiger partial charge on any atom is 0.230 e. The van der Waals surface area contributed by atoms with Gasteiger partial charge in [0.05, 0.1) is 3.92 Å².